The molecule has 2 saturated carbocycles. The zero-order valence-electron chi connectivity index (χ0n) is 18.3. The van der Waals surface area contributed by atoms with E-state index in [1.807, 2.05) is 24.3 Å². The van der Waals surface area contributed by atoms with Crippen LogP contribution in [0.15, 0.2) is 42.5 Å². The molecule has 2 aromatic carbocycles. The summed E-state index contributed by atoms with van der Waals surface area (Å²) in [5.74, 6) is 0.671. The van der Waals surface area contributed by atoms with Gasteiger partial charge in [-0.05, 0) is 55.9 Å². The van der Waals surface area contributed by atoms with Gasteiger partial charge in [-0.2, -0.15) is 8.78 Å². The molecular weight excluding hydrogens is 426 g/mol. The molecule has 0 unspecified atom stereocenters. The fourth-order valence-corrected chi connectivity index (χ4v) is 4.73. The molecule has 1 aromatic heterocycles. The molecule has 0 spiro atoms. The van der Waals surface area contributed by atoms with Crippen LogP contribution in [0.4, 0.5) is 25.0 Å². The topological polar surface area (TPSA) is 81.3 Å². The predicted molar refractivity (Wildman–Crippen MR) is 126 cm³/mol. The van der Waals surface area contributed by atoms with E-state index in [-0.39, 0.29) is 17.8 Å². The number of aromatic nitrogens is 1. The van der Waals surface area contributed by atoms with E-state index < -0.39 is 6.61 Å². The Morgan fingerprint density at radius 2 is 1.82 bits per heavy atom. The van der Waals surface area contributed by atoms with Crippen LogP contribution in [0.5, 0.6) is 5.75 Å². The Hall–Kier alpha value is -3.29. The Morgan fingerprint density at radius 3 is 2.48 bits per heavy atom. The Balaban J connectivity index is 1.43. The number of rotatable bonds is 7. The van der Waals surface area contributed by atoms with Crippen LogP contribution in [0.2, 0.25) is 0 Å². The highest BCUT2D eigenvalue weighted by Gasteiger charge is 2.26. The standard InChI is InChI=1S/C25H28F2N4O2/c26-24(27)33-19-11-12-20-21(13-19)31(14-15-5-6-15)23(22(20)28)16-7-9-18(10-8-16)30-25(32)29-17-3-1-2-4-17/h7-13,15,17,24H,1-6,14,28H2,(H2,29,30,32). The van der Waals surface area contributed by atoms with Gasteiger partial charge in [-0.15, -0.1) is 0 Å². The highest BCUT2D eigenvalue weighted by Crippen LogP contribution is 2.41. The first kappa shape index (κ1) is 21.6. The first-order valence-corrected chi connectivity index (χ1v) is 11.5. The lowest BCUT2D eigenvalue weighted by atomic mass is 10.1. The molecule has 5 rings (SSSR count). The molecule has 33 heavy (non-hydrogen) atoms. The van der Waals surface area contributed by atoms with Crippen LogP contribution in [-0.4, -0.2) is 23.3 Å². The van der Waals surface area contributed by atoms with Gasteiger partial charge >= 0.3 is 12.6 Å². The van der Waals surface area contributed by atoms with Crippen molar-refractivity contribution in [2.24, 2.45) is 5.92 Å². The molecule has 4 N–H and O–H groups in total. The van der Waals surface area contributed by atoms with Crippen molar-refractivity contribution in [2.45, 2.75) is 57.7 Å². The second-order valence-corrected chi connectivity index (χ2v) is 9.03. The summed E-state index contributed by atoms with van der Waals surface area (Å²) in [4.78, 5) is 12.3. The van der Waals surface area contributed by atoms with E-state index in [9.17, 15) is 13.6 Å². The predicted octanol–water partition coefficient (Wildman–Crippen LogP) is 5.97. The van der Waals surface area contributed by atoms with Crippen LogP contribution in [0.25, 0.3) is 22.2 Å². The smallest absolute Gasteiger partial charge is 0.387 e. The van der Waals surface area contributed by atoms with Gasteiger partial charge in [0.05, 0.1) is 16.9 Å². The van der Waals surface area contributed by atoms with Crippen molar-refractivity contribution >= 4 is 28.3 Å². The number of benzene rings is 2. The maximum atomic E-state index is 12.7. The first-order chi connectivity index (χ1) is 16.0. The van der Waals surface area contributed by atoms with E-state index in [2.05, 4.69) is 19.9 Å². The number of anilines is 2. The Kier molecular flexibility index (Phi) is 5.83. The van der Waals surface area contributed by atoms with Crippen LogP contribution < -0.4 is 21.1 Å². The van der Waals surface area contributed by atoms with Crippen molar-refractivity contribution in [3.63, 3.8) is 0 Å². The molecule has 0 aliphatic heterocycles. The lowest BCUT2D eigenvalue weighted by Gasteiger charge is -2.14. The number of nitrogen functional groups attached to an aromatic ring is 1. The number of urea groups is 1. The fourth-order valence-electron chi connectivity index (χ4n) is 4.73. The molecule has 0 bridgehead atoms. The highest BCUT2D eigenvalue weighted by atomic mass is 19.3. The largest absolute Gasteiger partial charge is 0.435 e. The Labute approximate surface area is 191 Å². The lowest BCUT2D eigenvalue weighted by Crippen LogP contribution is -2.36. The van der Waals surface area contributed by atoms with Gasteiger partial charge in [0.1, 0.15) is 5.75 Å². The number of nitrogens with one attached hydrogen (secondary N) is 2. The number of halogens is 2. The summed E-state index contributed by atoms with van der Waals surface area (Å²) in [7, 11) is 0. The molecule has 0 radical (unpaired) electrons. The SMILES string of the molecule is Nc1c(-c2ccc(NC(=O)NC3CCCC3)cc2)n(CC2CC2)c2cc(OC(F)F)ccc12. The van der Waals surface area contributed by atoms with E-state index in [1.165, 1.54) is 6.07 Å². The van der Waals surface area contributed by atoms with Crippen molar-refractivity contribution < 1.29 is 18.3 Å². The van der Waals surface area contributed by atoms with Gasteiger partial charge < -0.3 is 25.7 Å². The van der Waals surface area contributed by atoms with Crippen LogP contribution in [-0.2, 0) is 6.54 Å². The third-order valence-electron chi connectivity index (χ3n) is 6.54. The average Bonchev–Trinajstić information content (AvgIpc) is 3.38. The van der Waals surface area contributed by atoms with Crippen molar-refractivity contribution in [2.75, 3.05) is 11.1 Å². The minimum absolute atomic E-state index is 0.117. The van der Waals surface area contributed by atoms with Crippen LogP contribution in [0.1, 0.15) is 38.5 Å². The lowest BCUT2D eigenvalue weighted by molar-refractivity contribution is -0.0497. The van der Waals surface area contributed by atoms with Crippen molar-refractivity contribution in [1.82, 2.24) is 9.88 Å². The second-order valence-electron chi connectivity index (χ2n) is 9.03. The summed E-state index contributed by atoms with van der Waals surface area (Å²) >= 11 is 0. The summed E-state index contributed by atoms with van der Waals surface area (Å²) in [6.45, 7) is -2.11. The molecule has 2 amide bonds. The highest BCUT2D eigenvalue weighted by molar-refractivity contribution is 6.01. The Bertz CT molecular complexity index is 1150. The van der Waals surface area contributed by atoms with E-state index in [0.717, 1.165) is 67.2 Å². The van der Waals surface area contributed by atoms with E-state index in [4.69, 9.17) is 5.73 Å². The minimum atomic E-state index is -2.88. The van der Waals surface area contributed by atoms with Crippen LogP contribution >= 0.6 is 0 Å². The summed E-state index contributed by atoms with van der Waals surface area (Å²) in [6.07, 6.45) is 6.66. The fraction of sp³-hybridized carbons (Fsp3) is 0.400. The third-order valence-corrected chi connectivity index (χ3v) is 6.54. The number of nitrogens with zero attached hydrogens (tertiary/aromatic N) is 1. The molecule has 0 saturated heterocycles. The quantitative estimate of drug-likeness (QED) is 0.412. The van der Waals surface area contributed by atoms with Crippen molar-refractivity contribution in [3.05, 3.63) is 42.5 Å². The van der Waals surface area contributed by atoms with E-state index in [1.54, 1.807) is 12.1 Å². The molecule has 1 heterocycles. The molecule has 2 aliphatic carbocycles. The number of carbonyl (C=O) groups excluding carboxylic acids is 1. The number of ether oxygens (including phenoxy) is 1. The van der Waals surface area contributed by atoms with Gasteiger partial charge in [0.25, 0.3) is 0 Å². The maximum Gasteiger partial charge on any atom is 0.387 e. The summed E-state index contributed by atoms with van der Waals surface area (Å²) in [6, 6.07) is 12.5. The molecule has 174 valence electrons. The van der Waals surface area contributed by atoms with Gasteiger partial charge in [-0.25, -0.2) is 4.79 Å². The van der Waals surface area contributed by atoms with Gasteiger partial charge in [0, 0.05) is 35.3 Å². The number of fused-ring (bicyclic) bond motifs is 1. The van der Waals surface area contributed by atoms with Gasteiger partial charge in [0.15, 0.2) is 0 Å². The number of nitrogens with two attached hydrogens (primary N) is 1. The van der Waals surface area contributed by atoms with Gasteiger partial charge in [-0.3, -0.25) is 0 Å². The Morgan fingerprint density at radius 1 is 1.09 bits per heavy atom. The molecule has 2 fully saturated rings. The zero-order chi connectivity index (χ0) is 22.9. The first-order valence-electron chi connectivity index (χ1n) is 11.5. The molecule has 6 nitrogen and oxygen atoms in total. The summed E-state index contributed by atoms with van der Waals surface area (Å²) in [5, 5.41) is 6.72. The average molecular weight is 455 g/mol. The number of hydrogen-bond donors (Lipinski definition) is 3. The van der Waals surface area contributed by atoms with Crippen LogP contribution in [0, 0.1) is 5.92 Å². The minimum Gasteiger partial charge on any atom is -0.435 e. The van der Waals surface area contributed by atoms with E-state index >= 15 is 0 Å². The molecule has 3 aromatic rings. The van der Waals surface area contributed by atoms with Gasteiger partial charge in [-0.1, -0.05) is 25.0 Å². The monoisotopic (exact) mass is 454 g/mol. The maximum absolute atomic E-state index is 12.7. The van der Waals surface area contributed by atoms with E-state index in [0.29, 0.717) is 17.3 Å². The van der Waals surface area contributed by atoms with Crippen LogP contribution in [0.3, 0.4) is 0 Å². The molecular formula is C25H28F2N4O2. The third kappa shape index (κ3) is 4.74. The second kappa shape index (κ2) is 8.92. The number of amides is 2. The summed E-state index contributed by atoms with van der Waals surface area (Å²) in [5.41, 5.74) is 10.4. The van der Waals surface area contributed by atoms with Gasteiger partial charge in [0.2, 0.25) is 0 Å². The normalized spacial score (nSPS) is 16.5. The number of carbonyl (C=O) groups is 1. The zero-order valence-corrected chi connectivity index (χ0v) is 18.3. The molecule has 8 heteroatoms. The van der Waals surface area contributed by atoms with Crippen molar-refractivity contribution in [3.8, 4) is 17.0 Å². The van der Waals surface area contributed by atoms with Crippen molar-refractivity contribution in [1.29, 1.82) is 0 Å². The summed E-state index contributed by atoms with van der Waals surface area (Å²) < 4.78 is 32.2. The number of alkyl halides is 2. The molecule has 2 aliphatic rings. The number of hydrogen-bond acceptors (Lipinski definition) is 3. The molecule has 0 atom stereocenters.